The van der Waals surface area contributed by atoms with E-state index in [4.69, 9.17) is 0 Å². The first-order chi connectivity index (χ1) is 2.24. The van der Waals surface area contributed by atoms with Crippen LogP contribution < -0.4 is 0 Å². The van der Waals surface area contributed by atoms with Crippen LogP contribution in [0.5, 0.6) is 0 Å². The second-order valence-electron chi connectivity index (χ2n) is 0.639. The van der Waals surface area contributed by atoms with Crippen molar-refractivity contribution >= 4 is 20.6 Å². The van der Waals surface area contributed by atoms with Gasteiger partial charge in [-0.05, 0) is 0 Å². The predicted octanol–water partition coefficient (Wildman–Crippen LogP) is 2.75. The van der Waals surface area contributed by atoms with Gasteiger partial charge in [-0.15, -0.1) is 15.5 Å². The summed E-state index contributed by atoms with van der Waals surface area (Å²) in [5.41, 5.74) is 0. The summed E-state index contributed by atoms with van der Waals surface area (Å²) in [7, 11) is -4.33. The van der Waals surface area contributed by atoms with Crippen LogP contribution in [-0.2, 0) is 0 Å². The Kier molecular flexibility index (Phi) is 1.01. The lowest BCUT2D eigenvalue weighted by atomic mass is 18.7. The molecule has 0 aromatic heterocycles. The minimum atomic E-state index is -7.58. The van der Waals surface area contributed by atoms with E-state index in [0.717, 1.165) is 0 Å². The number of thiol groups is 1. The molecule has 0 heterocycles. The summed E-state index contributed by atoms with van der Waals surface area (Å²) in [5.74, 6) is 0. The van der Waals surface area contributed by atoms with E-state index in [2.05, 4.69) is 10.7 Å². The molecule has 6 heavy (non-hydrogen) atoms. The van der Waals surface area contributed by atoms with Gasteiger partial charge in [-0.2, -0.15) is 0 Å². The Hall–Kier alpha value is 0.360. The van der Waals surface area contributed by atoms with Gasteiger partial charge in [-0.1, -0.05) is 0 Å². The van der Waals surface area contributed by atoms with Gasteiger partial charge in [0.1, 0.15) is 0 Å². The van der Waals surface area contributed by atoms with E-state index in [1.807, 2.05) is 0 Å². The number of hydrogen-bond donors (Lipinski definition) is 1. The molecule has 0 spiro atoms. The van der Waals surface area contributed by atoms with Crippen LogP contribution in [0.2, 0.25) is 0 Å². The van der Waals surface area contributed by atoms with E-state index < -0.39 is 9.92 Å². The molecule has 0 amide bonds. The molecule has 0 saturated heterocycles. The third-order valence-electron chi connectivity index (χ3n) is 0. The summed E-state index contributed by atoms with van der Waals surface area (Å²) >= 11 is 0. The maximum absolute atomic E-state index is 10.3. The van der Waals surface area contributed by atoms with Gasteiger partial charge in [-0.25, -0.2) is 0 Å². The van der Waals surface area contributed by atoms with Crippen molar-refractivity contribution < 1.29 is 15.5 Å². The van der Waals surface area contributed by atoms with Gasteiger partial charge in [-0.3, -0.25) is 0 Å². The molecule has 0 saturated carbocycles. The quantitative estimate of drug-likeness (QED) is 0.392. The van der Waals surface area contributed by atoms with Crippen molar-refractivity contribution in [2.75, 3.05) is 0 Å². The predicted molar refractivity (Wildman–Crippen MR) is 19.3 cm³/mol. The lowest BCUT2D eigenvalue weighted by Gasteiger charge is -2.17. The first-order valence-electron chi connectivity index (χ1n) is 0.845. The molecule has 0 bridgehead atoms. The zero-order valence-electron chi connectivity index (χ0n) is 2.34. The Labute approximate surface area is 37.1 Å². The molecule has 0 atom stereocenters. The van der Waals surface area contributed by atoms with Crippen LogP contribution in [0.15, 0.2) is 0 Å². The van der Waals surface area contributed by atoms with Crippen LogP contribution in [0, 0.1) is 0 Å². The number of rotatable bonds is 0. The fraction of sp³-hybridized carbons (Fsp3) is 0. The molecular weight excluding hydrogens is 144 g/mol. The molecule has 0 aliphatic heterocycles. The zero-order chi connectivity index (χ0) is 5.45. The lowest BCUT2D eigenvalue weighted by molar-refractivity contribution is 0.529. The van der Waals surface area contributed by atoms with E-state index in [1.54, 1.807) is 0 Å². The van der Waals surface area contributed by atoms with Gasteiger partial charge in [0.15, 0.2) is 0 Å². The van der Waals surface area contributed by atoms with E-state index >= 15 is 0 Å². The van der Waals surface area contributed by atoms with Crippen molar-refractivity contribution in [1.82, 2.24) is 0 Å². The molecule has 0 nitrogen and oxygen atoms in total. The van der Waals surface area contributed by atoms with Crippen molar-refractivity contribution in [3.63, 3.8) is 0 Å². The van der Waals surface area contributed by atoms with Crippen molar-refractivity contribution in [3.05, 3.63) is 0 Å². The minimum Gasteiger partial charge on any atom is -0.114 e. The van der Waals surface area contributed by atoms with Crippen LogP contribution in [0.1, 0.15) is 0 Å². The standard InChI is InChI=1S/ClF4HS/c1-6(2,3,4)5/h6H. The molecule has 0 radical (unpaired) electrons. The summed E-state index contributed by atoms with van der Waals surface area (Å²) in [6.07, 6.45) is 0. The van der Waals surface area contributed by atoms with Gasteiger partial charge in [0.25, 0.3) is 0 Å². The van der Waals surface area contributed by atoms with Gasteiger partial charge < -0.3 is 0 Å². The van der Waals surface area contributed by atoms with Crippen LogP contribution in [0.25, 0.3) is 0 Å². The third-order valence-corrected chi connectivity index (χ3v) is 0. The Morgan fingerprint density at radius 1 is 1.00 bits per heavy atom. The van der Waals surface area contributed by atoms with E-state index in [1.165, 1.54) is 0 Å². The maximum atomic E-state index is 10.3. The maximum Gasteiger partial charge on any atom is 0.222 e. The molecule has 0 aromatic carbocycles. The minimum absolute atomic E-state index is 3.25. The highest BCUT2D eigenvalue weighted by Gasteiger charge is 2.31. The van der Waals surface area contributed by atoms with E-state index in [-0.39, 0.29) is 0 Å². The van der Waals surface area contributed by atoms with E-state index in [0.29, 0.717) is 0 Å². The van der Waals surface area contributed by atoms with Crippen LogP contribution >= 0.6 is 20.6 Å². The Bertz CT molecular complexity index is 40.7. The molecule has 42 valence electrons. The molecule has 6 heteroatoms. The van der Waals surface area contributed by atoms with Crippen LogP contribution in [0.4, 0.5) is 15.5 Å². The van der Waals surface area contributed by atoms with Gasteiger partial charge in [0.05, 0.1) is 0 Å². The van der Waals surface area contributed by atoms with Crippen molar-refractivity contribution in [3.8, 4) is 0 Å². The van der Waals surface area contributed by atoms with Gasteiger partial charge in [0.2, 0.25) is 9.92 Å². The fourth-order valence-corrected chi connectivity index (χ4v) is 0. The second-order valence-corrected chi connectivity index (χ2v) is 3.45. The lowest BCUT2D eigenvalue weighted by Crippen LogP contribution is -1.68. The highest BCUT2D eigenvalue weighted by Crippen LogP contribution is 2.80. The average molecular weight is 145 g/mol. The number of hydrogen-bond acceptors (Lipinski definition) is 0. The van der Waals surface area contributed by atoms with Crippen molar-refractivity contribution in [2.24, 2.45) is 0 Å². The smallest absolute Gasteiger partial charge is 0.114 e. The Morgan fingerprint density at radius 3 is 1.00 bits per heavy atom. The fourth-order valence-electron chi connectivity index (χ4n) is 0. The largest absolute Gasteiger partial charge is 0.222 e. The molecule has 0 rings (SSSR count). The summed E-state index contributed by atoms with van der Waals surface area (Å²) in [6.45, 7) is 0. The van der Waals surface area contributed by atoms with Crippen molar-refractivity contribution in [2.45, 2.75) is 0 Å². The first-order valence-corrected chi connectivity index (χ1v) is 3.55. The SMILES string of the molecule is F[SH](F)(F)(F)Cl. The van der Waals surface area contributed by atoms with E-state index in [9.17, 15) is 15.5 Å². The molecule has 0 aliphatic carbocycles. The van der Waals surface area contributed by atoms with Crippen molar-refractivity contribution in [1.29, 1.82) is 0 Å². The summed E-state index contributed by atoms with van der Waals surface area (Å²) in [5, 5.41) is 0. The van der Waals surface area contributed by atoms with Gasteiger partial charge in [0, 0.05) is 10.7 Å². The summed E-state index contributed by atoms with van der Waals surface area (Å²) < 4.78 is 41.1. The third kappa shape index (κ3) is 380. The molecule has 0 aliphatic rings. The van der Waals surface area contributed by atoms with Crippen LogP contribution in [-0.4, -0.2) is 0 Å². The summed E-state index contributed by atoms with van der Waals surface area (Å²) in [4.78, 5) is 0. The monoisotopic (exact) mass is 144 g/mol. The molecule has 0 N–H and O–H groups in total. The zero-order valence-corrected chi connectivity index (χ0v) is 3.99. The highest BCUT2D eigenvalue weighted by atomic mass is 35.7. The van der Waals surface area contributed by atoms with Crippen LogP contribution in [0.3, 0.4) is 0 Å². The normalized spacial score (nSPS) is 19.2. The Balaban J connectivity index is 3.73. The molecule has 0 aromatic rings. The number of halogens is 5. The average Bonchev–Trinajstić information content (AvgIpc) is 0.650. The Morgan fingerprint density at radius 2 is 1.00 bits per heavy atom. The van der Waals surface area contributed by atoms with Gasteiger partial charge >= 0.3 is 0 Å². The molecular formula is HClF4S. The topological polar surface area (TPSA) is 0 Å². The first kappa shape index (κ1) is 6.36. The second kappa shape index (κ2) is 0.949. The highest BCUT2D eigenvalue weighted by molar-refractivity contribution is 8.51. The molecule has 0 fully saturated rings. The summed E-state index contributed by atoms with van der Waals surface area (Å²) in [6, 6.07) is 0. The molecule has 0 unspecified atom stereocenters.